The Labute approximate surface area is 195 Å². The van der Waals surface area contributed by atoms with E-state index in [4.69, 9.17) is 4.98 Å². The lowest BCUT2D eigenvalue weighted by atomic mass is 9.67. The lowest BCUT2D eigenvalue weighted by molar-refractivity contribution is -0.126. The number of aromatic nitrogens is 3. The molecule has 1 aliphatic heterocycles. The van der Waals surface area contributed by atoms with E-state index in [0.29, 0.717) is 24.2 Å². The monoisotopic (exact) mass is 446 g/mol. The van der Waals surface area contributed by atoms with Crippen LogP contribution < -0.4 is 4.90 Å². The third kappa shape index (κ3) is 2.45. The number of hydrogen-bond donors (Lipinski definition) is 1. The van der Waals surface area contributed by atoms with Gasteiger partial charge in [0.25, 0.3) is 0 Å². The molecule has 0 unspecified atom stereocenters. The average molecular weight is 447 g/mol. The van der Waals surface area contributed by atoms with Gasteiger partial charge in [-0.05, 0) is 61.4 Å². The molecule has 0 radical (unpaired) electrons. The molecule has 0 atom stereocenters. The van der Waals surface area contributed by atoms with Crippen LogP contribution in [0.25, 0.3) is 32.7 Å². The van der Waals surface area contributed by atoms with Crippen molar-refractivity contribution in [2.24, 2.45) is 5.41 Å². The molecule has 0 saturated heterocycles. The zero-order chi connectivity index (χ0) is 22.9. The fourth-order valence-electron chi connectivity index (χ4n) is 5.92. The van der Waals surface area contributed by atoms with E-state index >= 15 is 0 Å². The van der Waals surface area contributed by atoms with Crippen molar-refractivity contribution >= 4 is 55.8 Å². The summed E-state index contributed by atoms with van der Waals surface area (Å²) in [6, 6.07) is 17.6. The number of anilines is 2. The minimum absolute atomic E-state index is 0.119. The number of aromatic amines is 1. The summed E-state index contributed by atoms with van der Waals surface area (Å²) < 4.78 is 0. The molecule has 166 valence electrons. The second-order valence-corrected chi connectivity index (χ2v) is 9.36. The number of carbonyl (C=O) groups excluding carboxylic acids is 2. The van der Waals surface area contributed by atoms with Gasteiger partial charge in [0.2, 0.25) is 5.91 Å². The minimum atomic E-state index is -1.05. The lowest BCUT2D eigenvalue weighted by Crippen LogP contribution is -2.52. The molecule has 1 N–H and O–H groups in total. The highest BCUT2D eigenvalue weighted by Crippen LogP contribution is 2.52. The zero-order valence-corrected chi connectivity index (χ0v) is 18.5. The first-order valence-electron chi connectivity index (χ1n) is 11.8. The normalized spacial score (nSPS) is 17.7. The van der Waals surface area contributed by atoms with E-state index in [9.17, 15) is 9.59 Å². The van der Waals surface area contributed by atoms with Crippen molar-refractivity contribution in [3.05, 3.63) is 72.7 Å². The van der Waals surface area contributed by atoms with Crippen LogP contribution in [0.2, 0.25) is 0 Å². The molecule has 6 nitrogen and oxygen atoms in total. The molecule has 1 amide bonds. The number of benzene rings is 2. The number of nitrogens with zero attached hydrogens (tertiary/aromatic N) is 3. The van der Waals surface area contributed by atoms with Crippen LogP contribution in [0, 0.1) is 5.41 Å². The summed E-state index contributed by atoms with van der Waals surface area (Å²) in [7, 11) is 0. The molecule has 1 fully saturated rings. The molecule has 0 bridgehead atoms. The minimum Gasteiger partial charge on any atom is -0.361 e. The maximum Gasteiger partial charge on any atom is 0.245 e. The van der Waals surface area contributed by atoms with Crippen molar-refractivity contribution < 1.29 is 9.59 Å². The quantitative estimate of drug-likeness (QED) is 0.317. The summed E-state index contributed by atoms with van der Waals surface area (Å²) in [5.74, 6) is -0.249. The maximum absolute atomic E-state index is 14.4. The fraction of sp³-hybridized carbons (Fsp3) is 0.214. The first kappa shape index (κ1) is 19.4. The number of hydrogen-bond acceptors (Lipinski definition) is 4. The predicted octanol–water partition coefficient (Wildman–Crippen LogP) is 6.08. The van der Waals surface area contributed by atoms with Crippen molar-refractivity contribution in [2.45, 2.75) is 32.1 Å². The number of carbonyl (C=O) groups is 2. The number of amides is 1. The highest BCUT2D eigenvalue weighted by Gasteiger charge is 2.55. The van der Waals surface area contributed by atoms with E-state index in [-0.39, 0.29) is 11.7 Å². The highest BCUT2D eigenvalue weighted by atomic mass is 16.2. The Balaban J connectivity index is 1.60. The molecule has 7 rings (SSSR count). The van der Waals surface area contributed by atoms with E-state index in [1.807, 2.05) is 60.8 Å². The Morgan fingerprint density at radius 3 is 2.59 bits per heavy atom. The van der Waals surface area contributed by atoms with E-state index in [1.165, 1.54) is 0 Å². The van der Waals surface area contributed by atoms with Crippen molar-refractivity contribution in [2.75, 3.05) is 4.90 Å². The average Bonchev–Trinajstić information content (AvgIpc) is 3.28. The number of nitrogens with one attached hydrogen (secondary N) is 1. The van der Waals surface area contributed by atoms with E-state index in [2.05, 4.69) is 9.97 Å². The number of Topliss-reactive ketones (excluding diaryl/α,β-unsaturated/α-hetero) is 1. The molecule has 6 heteroatoms. The Bertz CT molecular complexity index is 1640. The summed E-state index contributed by atoms with van der Waals surface area (Å²) in [5.41, 5.74) is 3.22. The largest absolute Gasteiger partial charge is 0.361 e. The van der Waals surface area contributed by atoms with E-state index in [0.717, 1.165) is 57.7 Å². The standard InChI is InChI=1S/C28H22N4O2/c33-26-24-25(19-11-12-21-18(23(19)31-24)8-6-16-30-21)32(27(34)28(26)13-2-1-3-14-28)22-10-4-9-20-17(22)7-5-15-29-20/h4-12,15-16,30H,1-3,13-14H2. The van der Waals surface area contributed by atoms with Crippen molar-refractivity contribution in [1.82, 2.24) is 15.0 Å². The van der Waals surface area contributed by atoms with Gasteiger partial charge in [0, 0.05) is 34.1 Å². The van der Waals surface area contributed by atoms with Crippen LogP contribution >= 0.6 is 0 Å². The summed E-state index contributed by atoms with van der Waals surface area (Å²) in [5, 5.41) is 2.63. The van der Waals surface area contributed by atoms with Crippen LogP contribution in [-0.2, 0) is 4.79 Å². The topological polar surface area (TPSA) is 79.0 Å². The molecule has 5 aromatic rings. The number of fused-ring (bicyclic) bond motifs is 6. The van der Waals surface area contributed by atoms with Crippen LogP contribution in [0.5, 0.6) is 0 Å². The third-order valence-electron chi connectivity index (χ3n) is 7.57. The highest BCUT2D eigenvalue weighted by molar-refractivity contribution is 6.32. The molecule has 2 aromatic carbocycles. The van der Waals surface area contributed by atoms with Gasteiger partial charge in [0.1, 0.15) is 11.1 Å². The maximum atomic E-state index is 14.4. The molecule has 1 aliphatic carbocycles. The molecule has 4 heterocycles. The van der Waals surface area contributed by atoms with Crippen molar-refractivity contribution in [3.8, 4) is 0 Å². The SMILES string of the molecule is O=C1c2nc3c(ccc4[nH]cccc43)c2N(c2cccc3ncccc23)C(=O)C12CCCCC2. The molecular formula is C28H22N4O2. The summed E-state index contributed by atoms with van der Waals surface area (Å²) >= 11 is 0. The van der Waals surface area contributed by atoms with Gasteiger partial charge in [-0.1, -0.05) is 25.3 Å². The fourth-order valence-corrected chi connectivity index (χ4v) is 5.92. The van der Waals surface area contributed by atoms with Gasteiger partial charge in [-0.3, -0.25) is 19.5 Å². The van der Waals surface area contributed by atoms with Gasteiger partial charge in [-0.15, -0.1) is 0 Å². The van der Waals surface area contributed by atoms with Crippen LogP contribution in [0.15, 0.2) is 67.0 Å². The molecule has 3 aromatic heterocycles. The molecule has 34 heavy (non-hydrogen) atoms. The molecule has 1 saturated carbocycles. The van der Waals surface area contributed by atoms with Gasteiger partial charge in [0.15, 0.2) is 5.78 Å². The van der Waals surface area contributed by atoms with Crippen LogP contribution in [0.3, 0.4) is 0 Å². The Kier molecular flexibility index (Phi) is 3.98. The Hall–Kier alpha value is -4.06. The van der Waals surface area contributed by atoms with Gasteiger partial charge in [-0.2, -0.15) is 0 Å². The van der Waals surface area contributed by atoms with Gasteiger partial charge < -0.3 is 4.98 Å². The predicted molar refractivity (Wildman–Crippen MR) is 132 cm³/mol. The molecule has 1 spiro atoms. The first-order chi connectivity index (χ1) is 16.7. The number of H-pyrrole nitrogens is 1. The van der Waals surface area contributed by atoms with Gasteiger partial charge in [-0.25, -0.2) is 4.98 Å². The first-order valence-corrected chi connectivity index (χ1v) is 11.8. The Morgan fingerprint density at radius 1 is 0.853 bits per heavy atom. The summed E-state index contributed by atoms with van der Waals surface area (Å²) in [6.07, 6.45) is 7.56. The van der Waals surface area contributed by atoms with E-state index in [1.54, 1.807) is 11.1 Å². The number of rotatable bonds is 1. The second kappa shape index (κ2) is 6.97. The number of ketones is 1. The third-order valence-corrected chi connectivity index (χ3v) is 7.57. The van der Waals surface area contributed by atoms with Gasteiger partial charge >= 0.3 is 0 Å². The zero-order valence-electron chi connectivity index (χ0n) is 18.5. The van der Waals surface area contributed by atoms with Crippen LogP contribution in [0.4, 0.5) is 11.4 Å². The van der Waals surface area contributed by atoms with Crippen molar-refractivity contribution in [1.29, 1.82) is 0 Å². The lowest BCUT2D eigenvalue weighted by Gasteiger charge is -2.42. The summed E-state index contributed by atoms with van der Waals surface area (Å²) in [6.45, 7) is 0. The summed E-state index contributed by atoms with van der Waals surface area (Å²) in [4.78, 5) is 42.9. The van der Waals surface area contributed by atoms with Crippen molar-refractivity contribution in [3.63, 3.8) is 0 Å². The van der Waals surface area contributed by atoms with Crippen LogP contribution in [0.1, 0.15) is 42.6 Å². The van der Waals surface area contributed by atoms with E-state index < -0.39 is 5.41 Å². The Morgan fingerprint density at radius 2 is 1.71 bits per heavy atom. The van der Waals surface area contributed by atoms with Gasteiger partial charge in [0.05, 0.1) is 22.4 Å². The molecule has 2 aliphatic rings. The number of pyridine rings is 2. The van der Waals surface area contributed by atoms with Crippen LogP contribution in [-0.4, -0.2) is 26.6 Å². The smallest absolute Gasteiger partial charge is 0.245 e. The molecular weight excluding hydrogens is 424 g/mol. The second-order valence-electron chi connectivity index (χ2n) is 9.36.